The van der Waals surface area contributed by atoms with Gasteiger partial charge in [0.05, 0.1) is 0 Å². The number of benzene rings is 2. The maximum absolute atomic E-state index is 14.2. The molecule has 2 aromatic rings. The highest BCUT2D eigenvalue weighted by atomic mass is 16.4. The standard InChI is InChI=1S/C37H53N7O9/c1-3-4-5-6-7-11-30(47)40-18-16-31(48)41-26(10-8-9-17-38)36(51)44(2)32-23-13-15-29(46)25(21-23)24-19-22(12-14-28(24)45)20-27(37(52)53)42-35(50)33(39)43-34(32)49/h12-15,19,21,26-27,32-33,45-46H,3-11,16-18,20,38-39H2,1-2H3,(H,40,47)(H,41,48)(H,42,50)(H,43,49)(H,52,53). The molecule has 4 unspecified atom stereocenters. The van der Waals surface area contributed by atoms with Crippen LogP contribution in [-0.4, -0.2) is 94.1 Å². The van der Waals surface area contributed by atoms with Crippen LogP contribution in [0.15, 0.2) is 36.4 Å². The first-order valence-corrected chi connectivity index (χ1v) is 18.0. The van der Waals surface area contributed by atoms with E-state index in [2.05, 4.69) is 28.2 Å². The molecule has 290 valence electrons. The van der Waals surface area contributed by atoms with E-state index < -0.39 is 53.9 Å². The molecule has 3 rings (SSSR count). The second-order valence-corrected chi connectivity index (χ2v) is 13.2. The van der Waals surface area contributed by atoms with Crippen molar-refractivity contribution in [1.29, 1.82) is 0 Å². The number of unbranched alkanes of at least 4 members (excludes halogenated alkanes) is 5. The number of carbonyl (C=O) groups is 6. The van der Waals surface area contributed by atoms with Crippen LogP contribution in [0.25, 0.3) is 11.1 Å². The molecule has 4 bridgehead atoms. The minimum atomic E-state index is -1.73. The minimum Gasteiger partial charge on any atom is -0.507 e. The zero-order chi connectivity index (χ0) is 39.1. The largest absolute Gasteiger partial charge is 0.507 e. The average Bonchev–Trinajstić information content (AvgIpc) is 3.11. The van der Waals surface area contributed by atoms with Gasteiger partial charge in [0.2, 0.25) is 23.6 Å². The molecule has 0 fully saturated rings. The monoisotopic (exact) mass is 739 g/mol. The lowest BCUT2D eigenvalue weighted by Crippen LogP contribution is -2.58. The highest BCUT2D eigenvalue weighted by Gasteiger charge is 2.36. The highest BCUT2D eigenvalue weighted by Crippen LogP contribution is 2.38. The fraction of sp³-hybridized carbons (Fsp3) is 0.514. The number of carbonyl (C=O) groups excluding carboxylic acids is 5. The smallest absolute Gasteiger partial charge is 0.326 e. The van der Waals surface area contributed by atoms with E-state index >= 15 is 0 Å². The van der Waals surface area contributed by atoms with Gasteiger partial charge >= 0.3 is 5.97 Å². The number of carboxylic acids is 1. The third kappa shape index (κ3) is 12.5. The fourth-order valence-electron chi connectivity index (χ4n) is 6.09. The van der Waals surface area contributed by atoms with Crippen molar-refractivity contribution in [2.75, 3.05) is 20.1 Å². The van der Waals surface area contributed by atoms with Crippen molar-refractivity contribution in [2.45, 2.75) is 102 Å². The van der Waals surface area contributed by atoms with Gasteiger partial charge in [-0.05, 0) is 67.6 Å². The normalized spacial score (nSPS) is 17.8. The van der Waals surface area contributed by atoms with E-state index in [9.17, 15) is 44.1 Å². The number of aromatic hydroxyl groups is 2. The lowest BCUT2D eigenvalue weighted by Gasteiger charge is -2.32. The third-order valence-corrected chi connectivity index (χ3v) is 9.07. The maximum Gasteiger partial charge on any atom is 0.326 e. The number of nitrogens with two attached hydrogens (primary N) is 2. The van der Waals surface area contributed by atoms with Gasteiger partial charge < -0.3 is 53.0 Å². The molecule has 53 heavy (non-hydrogen) atoms. The number of rotatable bonds is 17. The van der Waals surface area contributed by atoms with Gasteiger partial charge in [-0.2, -0.15) is 0 Å². The number of carboxylic acid groups (broad SMARTS) is 1. The molecule has 0 radical (unpaired) electrons. The van der Waals surface area contributed by atoms with Crippen LogP contribution in [-0.2, 0) is 35.2 Å². The van der Waals surface area contributed by atoms with E-state index in [1.54, 1.807) is 0 Å². The molecule has 1 heterocycles. The van der Waals surface area contributed by atoms with Crippen LogP contribution in [0.3, 0.4) is 0 Å². The lowest BCUT2D eigenvalue weighted by molar-refractivity contribution is -0.144. The SMILES string of the molecule is CCCCCCCC(=O)NCCC(=O)NC(CCCCN)C(=O)N(C)C1C(=O)NC(N)C(=O)NC(C(=O)O)Cc2ccc(O)c(c2)-c2cc1ccc2O. The summed E-state index contributed by atoms with van der Waals surface area (Å²) in [6, 6.07) is 4.21. The molecule has 16 heteroatoms. The van der Waals surface area contributed by atoms with Crippen molar-refractivity contribution in [3.05, 3.63) is 47.5 Å². The Labute approximate surface area is 309 Å². The van der Waals surface area contributed by atoms with Crippen LogP contribution in [0, 0.1) is 0 Å². The predicted octanol–water partition coefficient (Wildman–Crippen LogP) is 1.27. The number of hydrogen-bond donors (Lipinski definition) is 9. The number of amides is 5. The molecule has 0 saturated carbocycles. The van der Waals surface area contributed by atoms with Gasteiger partial charge in [0.25, 0.3) is 5.91 Å². The molecule has 2 aromatic carbocycles. The van der Waals surface area contributed by atoms with Crippen LogP contribution in [0.2, 0.25) is 0 Å². The van der Waals surface area contributed by atoms with E-state index in [-0.39, 0.29) is 59.9 Å². The number of phenolic OH excluding ortho intramolecular Hbond substituents is 2. The minimum absolute atomic E-state index is 0.0667. The average molecular weight is 740 g/mol. The Morgan fingerprint density at radius 2 is 1.57 bits per heavy atom. The van der Waals surface area contributed by atoms with Crippen molar-refractivity contribution < 1.29 is 44.1 Å². The van der Waals surface area contributed by atoms with E-state index in [0.29, 0.717) is 31.4 Å². The maximum atomic E-state index is 14.2. The second-order valence-electron chi connectivity index (χ2n) is 13.2. The van der Waals surface area contributed by atoms with Gasteiger partial charge in [0, 0.05) is 44.0 Å². The molecular formula is C37H53N7O9. The first kappa shape index (κ1) is 42.2. The van der Waals surface area contributed by atoms with E-state index in [1.165, 1.54) is 43.4 Å². The van der Waals surface area contributed by atoms with Gasteiger partial charge in [0.15, 0.2) is 6.17 Å². The van der Waals surface area contributed by atoms with E-state index in [0.717, 1.165) is 37.0 Å². The van der Waals surface area contributed by atoms with Crippen molar-refractivity contribution in [3.63, 3.8) is 0 Å². The van der Waals surface area contributed by atoms with Gasteiger partial charge in [-0.15, -0.1) is 0 Å². The summed E-state index contributed by atoms with van der Waals surface area (Å²) in [6.45, 7) is 2.52. The number of fused-ring (bicyclic) bond motifs is 5. The van der Waals surface area contributed by atoms with Crippen molar-refractivity contribution in [1.82, 2.24) is 26.2 Å². The Morgan fingerprint density at radius 3 is 2.25 bits per heavy atom. The number of nitrogens with one attached hydrogen (secondary N) is 4. The van der Waals surface area contributed by atoms with Crippen LogP contribution in [0.4, 0.5) is 0 Å². The third-order valence-electron chi connectivity index (χ3n) is 9.07. The molecule has 0 aromatic heterocycles. The number of nitrogens with zero attached hydrogens (tertiary/aromatic N) is 1. The Hall–Kier alpha value is -5.22. The van der Waals surface area contributed by atoms with Crippen molar-refractivity contribution >= 4 is 35.5 Å². The summed E-state index contributed by atoms with van der Waals surface area (Å²) < 4.78 is 0. The van der Waals surface area contributed by atoms with Gasteiger partial charge in [0.1, 0.15) is 29.6 Å². The number of phenols is 2. The van der Waals surface area contributed by atoms with Crippen molar-refractivity contribution in [2.24, 2.45) is 11.5 Å². The fourth-order valence-corrected chi connectivity index (χ4v) is 6.09. The molecule has 4 atom stereocenters. The summed E-state index contributed by atoms with van der Waals surface area (Å²) in [4.78, 5) is 79.5. The van der Waals surface area contributed by atoms with Crippen molar-refractivity contribution in [3.8, 4) is 22.6 Å². The quantitative estimate of drug-likeness (QED) is 0.104. The summed E-state index contributed by atoms with van der Waals surface area (Å²) >= 11 is 0. The van der Waals surface area contributed by atoms with Crippen LogP contribution < -0.4 is 32.7 Å². The van der Waals surface area contributed by atoms with Gasteiger partial charge in [-0.25, -0.2) is 4.79 Å². The van der Waals surface area contributed by atoms with E-state index in [1.807, 2.05) is 0 Å². The molecule has 11 N–H and O–H groups in total. The Kier molecular flexibility index (Phi) is 16.5. The number of aliphatic carboxylic acids is 1. The summed E-state index contributed by atoms with van der Waals surface area (Å²) in [5.74, 6) is -5.19. The second kappa shape index (κ2) is 20.7. The summed E-state index contributed by atoms with van der Waals surface area (Å²) in [5, 5.41) is 41.6. The summed E-state index contributed by atoms with van der Waals surface area (Å²) in [6.07, 6.45) is 4.48. The molecule has 0 spiro atoms. The molecular weight excluding hydrogens is 686 g/mol. The first-order valence-electron chi connectivity index (χ1n) is 18.0. The summed E-state index contributed by atoms with van der Waals surface area (Å²) in [7, 11) is 1.33. The molecule has 1 aliphatic rings. The molecule has 0 aliphatic carbocycles. The van der Waals surface area contributed by atoms with Crippen LogP contribution in [0.1, 0.15) is 88.3 Å². The zero-order valence-electron chi connectivity index (χ0n) is 30.4. The molecule has 5 amide bonds. The predicted molar refractivity (Wildman–Crippen MR) is 196 cm³/mol. The number of hydrogen-bond acceptors (Lipinski definition) is 10. The number of likely N-dealkylation sites (N-methyl/N-ethyl adjacent to an activating group) is 1. The summed E-state index contributed by atoms with van der Waals surface area (Å²) in [5.41, 5.74) is 12.4. The van der Waals surface area contributed by atoms with E-state index in [4.69, 9.17) is 11.5 Å². The topological polar surface area (TPSA) is 267 Å². The lowest BCUT2D eigenvalue weighted by atomic mass is 9.93. The Balaban J connectivity index is 1.92. The van der Waals surface area contributed by atoms with Crippen LogP contribution in [0.5, 0.6) is 11.5 Å². The van der Waals surface area contributed by atoms with Crippen LogP contribution >= 0.6 is 0 Å². The zero-order valence-corrected chi connectivity index (χ0v) is 30.4. The molecule has 16 nitrogen and oxygen atoms in total. The molecule has 1 aliphatic heterocycles. The molecule has 0 saturated heterocycles. The Bertz CT molecular complexity index is 1620. The highest BCUT2D eigenvalue weighted by molar-refractivity contribution is 5.96. The van der Waals surface area contributed by atoms with Gasteiger partial charge in [-0.1, -0.05) is 44.7 Å². The first-order chi connectivity index (χ1) is 25.3. The Morgan fingerprint density at radius 1 is 0.887 bits per heavy atom. The van der Waals surface area contributed by atoms with Gasteiger partial charge in [-0.3, -0.25) is 24.0 Å².